The van der Waals surface area contributed by atoms with E-state index in [9.17, 15) is 13.2 Å². The van der Waals surface area contributed by atoms with E-state index in [-0.39, 0.29) is 16.9 Å². The lowest BCUT2D eigenvalue weighted by atomic mass is 9.97. The molecule has 2 aromatic rings. The van der Waals surface area contributed by atoms with Gasteiger partial charge in [-0.2, -0.15) is 4.31 Å². The van der Waals surface area contributed by atoms with Crippen LogP contribution in [-0.2, 0) is 21.4 Å². The fourth-order valence-corrected chi connectivity index (χ4v) is 4.31. The van der Waals surface area contributed by atoms with Crippen LogP contribution in [0.3, 0.4) is 0 Å². The fraction of sp³-hybridized carbons (Fsp3) is 0.412. The van der Waals surface area contributed by atoms with Gasteiger partial charge >= 0.3 is 0 Å². The first-order valence-corrected chi connectivity index (χ1v) is 9.82. The summed E-state index contributed by atoms with van der Waals surface area (Å²) in [7, 11) is -3.59. The molecule has 0 atom stereocenters. The smallest absolute Gasteiger partial charge is 0.262 e. The molecule has 1 fully saturated rings. The van der Waals surface area contributed by atoms with Crippen molar-refractivity contribution in [3.8, 4) is 0 Å². The van der Waals surface area contributed by atoms with E-state index < -0.39 is 10.0 Å². The largest absolute Gasteiger partial charge is 0.336 e. The number of carbonyl (C=O) groups is 1. The monoisotopic (exact) mass is 362 g/mol. The second-order valence-electron chi connectivity index (χ2n) is 6.08. The lowest BCUT2D eigenvalue weighted by molar-refractivity contribution is -0.120. The first-order valence-electron chi connectivity index (χ1n) is 8.38. The Hall–Kier alpha value is -2.19. The van der Waals surface area contributed by atoms with E-state index in [2.05, 4.69) is 10.3 Å². The van der Waals surface area contributed by atoms with Gasteiger partial charge in [-0.05, 0) is 31.9 Å². The van der Waals surface area contributed by atoms with Crippen molar-refractivity contribution in [3.63, 3.8) is 0 Å². The molecule has 0 unspecified atom stereocenters. The number of amides is 1. The van der Waals surface area contributed by atoms with Crippen molar-refractivity contribution in [1.82, 2.24) is 13.9 Å². The van der Waals surface area contributed by atoms with Gasteiger partial charge in [0.15, 0.2) is 5.03 Å². The van der Waals surface area contributed by atoms with Crippen molar-refractivity contribution >= 4 is 21.6 Å². The van der Waals surface area contributed by atoms with Crippen molar-refractivity contribution in [3.05, 3.63) is 42.9 Å². The number of aryl methyl sites for hydroxylation is 1. The highest BCUT2D eigenvalue weighted by atomic mass is 32.2. The van der Waals surface area contributed by atoms with E-state index in [0.717, 1.165) is 5.69 Å². The molecule has 8 heteroatoms. The molecule has 7 nitrogen and oxygen atoms in total. The molecule has 1 saturated heterocycles. The molecule has 2 heterocycles. The highest BCUT2D eigenvalue weighted by Crippen LogP contribution is 2.24. The molecule has 0 bridgehead atoms. The summed E-state index contributed by atoms with van der Waals surface area (Å²) in [6, 6.07) is 9.28. The molecule has 1 amide bonds. The topological polar surface area (TPSA) is 84.3 Å². The lowest BCUT2D eigenvalue weighted by Crippen LogP contribution is -2.41. The van der Waals surface area contributed by atoms with Crippen LogP contribution in [0.15, 0.2) is 47.9 Å². The molecule has 0 radical (unpaired) electrons. The van der Waals surface area contributed by atoms with Gasteiger partial charge in [-0.15, -0.1) is 0 Å². The van der Waals surface area contributed by atoms with E-state index in [1.165, 1.54) is 10.6 Å². The van der Waals surface area contributed by atoms with Crippen molar-refractivity contribution in [2.75, 3.05) is 18.4 Å². The Morgan fingerprint density at radius 2 is 1.92 bits per heavy atom. The molecule has 1 N–H and O–H groups in total. The quantitative estimate of drug-likeness (QED) is 0.881. The zero-order valence-electron chi connectivity index (χ0n) is 14.1. The summed E-state index contributed by atoms with van der Waals surface area (Å²) in [6.45, 7) is 3.25. The number of nitrogens with zero attached hydrogens (tertiary/aromatic N) is 3. The van der Waals surface area contributed by atoms with Gasteiger partial charge in [-0.1, -0.05) is 18.2 Å². The number of anilines is 1. The van der Waals surface area contributed by atoms with Crippen LogP contribution in [0.2, 0.25) is 0 Å². The summed E-state index contributed by atoms with van der Waals surface area (Å²) >= 11 is 0. The number of imidazole rings is 1. The summed E-state index contributed by atoms with van der Waals surface area (Å²) in [6.07, 6.45) is 4.08. The van der Waals surface area contributed by atoms with Crippen molar-refractivity contribution < 1.29 is 13.2 Å². The second kappa shape index (κ2) is 7.37. The maximum Gasteiger partial charge on any atom is 0.262 e. The van der Waals surface area contributed by atoms with Crippen molar-refractivity contribution in [2.24, 2.45) is 5.92 Å². The zero-order chi connectivity index (χ0) is 17.9. The first-order chi connectivity index (χ1) is 12.0. The Kier molecular flexibility index (Phi) is 5.19. The average molecular weight is 362 g/mol. The number of rotatable bonds is 5. The third-order valence-corrected chi connectivity index (χ3v) is 6.23. The molecule has 1 aliphatic rings. The Labute approximate surface area is 147 Å². The molecule has 1 aliphatic heterocycles. The van der Waals surface area contributed by atoms with Crippen LogP contribution < -0.4 is 5.32 Å². The Balaban J connectivity index is 1.60. The van der Waals surface area contributed by atoms with Gasteiger partial charge in [0, 0.05) is 37.4 Å². The average Bonchev–Trinajstić information content (AvgIpc) is 3.13. The van der Waals surface area contributed by atoms with Crippen molar-refractivity contribution in [2.45, 2.75) is 31.3 Å². The highest BCUT2D eigenvalue weighted by molar-refractivity contribution is 7.89. The van der Waals surface area contributed by atoms with Gasteiger partial charge in [0.1, 0.15) is 0 Å². The predicted octanol–water partition coefficient (Wildman–Crippen LogP) is 1.94. The molecular weight excluding hydrogens is 340 g/mol. The Morgan fingerprint density at radius 3 is 2.52 bits per heavy atom. The van der Waals surface area contributed by atoms with Gasteiger partial charge in [0.25, 0.3) is 10.0 Å². The van der Waals surface area contributed by atoms with Gasteiger partial charge in [-0.3, -0.25) is 4.79 Å². The number of benzene rings is 1. The first kappa shape index (κ1) is 17.6. The summed E-state index contributed by atoms with van der Waals surface area (Å²) in [4.78, 5) is 16.3. The van der Waals surface area contributed by atoms with E-state index in [4.69, 9.17) is 0 Å². The number of nitrogens with one attached hydrogen (secondary N) is 1. The van der Waals surface area contributed by atoms with E-state index in [1.54, 1.807) is 10.8 Å². The zero-order valence-corrected chi connectivity index (χ0v) is 14.9. The van der Waals surface area contributed by atoms with Crippen LogP contribution in [0, 0.1) is 5.92 Å². The maximum atomic E-state index is 12.6. The number of carbonyl (C=O) groups excluding carboxylic acids is 1. The van der Waals surface area contributed by atoms with E-state index in [1.807, 2.05) is 37.3 Å². The molecular formula is C17H22N4O3S. The van der Waals surface area contributed by atoms with Crippen molar-refractivity contribution in [1.29, 1.82) is 0 Å². The fourth-order valence-electron chi connectivity index (χ4n) is 2.90. The Morgan fingerprint density at radius 1 is 1.24 bits per heavy atom. The number of sulfonamides is 1. The number of hydrogen-bond donors (Lipinski definition) is 1. The van der Waals surface area contributed by atoms with Crippen LogP contribution in [0.5, 0.6) is 0 Å². The highest BCUT2D eigenvalue weighted by Gasteiger charge is 2.33. The van der Waals surface area contributed by atoms with Gasteiger partial charge in [-0.25, -0.2) is 13.4 Å². The van der Waals surface area contributed by atoms with Gasteiger partial charge in [0.05, 0.1) is 6.33 Å². The van der Waals surface area contributed by atoms with Crippen LogP contribution in [-0.4, -0.2) is 41.3 Å². The number of aromatic nitrogens is 2. The molecule has 0 aliphatic carbocycles. The van der Waals surface area contributed by atoms with Crippen LogP contribution in [0.1, 0.15) is 19.8 Å². The molecule has 134 valence electrons. The standard InChI is InChI=1S/C17H22N4O3S/c1-2-20-12-16(18-13-20)25(23,24)21-10-8-14(9-11-21)17(22)19-15-6-4-3-5-7-15/h3-7,12-14H,2,8-11H2,1H3,(H,19,22). The van der Waals surface area contributed by atoms with Crippen LogP contribution in [0.4, 0.5) is 5.69 Å². The molecule has 0 saturated carbocycles. The number of para-hydroxylation sites is 1. The molecule has 0 spiro atoms. The normalized spacial score (nSPS) is 16.7. The molecule has 1 aromatic heterocycles. The van der Waals surface area contributed by atoms with E-state index >= 15 is 0 Å². The third-order valence-electron chi connectivity index (χ3n) is 4.44. The summed E-state index contributed by atoms with van der Waals surface area (Å²) in [5.41, 5.74) is 0.757. The van der Waals surface area contributed by atoms with Crippen LogP contribution in [0.25, 0.3) is 0 Å². The molecule has 3 rings (SSSR count). The van der Waals surface area contributed by atoms with E-state index in [0.29, 0.717) is 32.5 Å². The summed E-state index contributed by atoms with van der Waals surface area (Å²) < 4.78 is 28.4. The van der Waals surface area contributed by atoms with Crippen LogP contribution >= 0.6 is 0 Å². The lowest BCUT2D eigenvalue weighted by Gasteiger charge is -2.29. The summed E-state index contributed by atoms with van der Waals surface area (Å²) in [5.74, 6) is -0.238. The molecule has 25 heavy (non-hydrogen) atoms. The summed E-state index contributed by atoms with van der Waals surface area (Å²) in [5, 5.41) is 2.96. The number of piperidine rings is 1. The predicted molar refractivity (Wildman–Crippen MR) is 94.5 cm³/mol. The number of hydrogen-bond acceptors (Lipinski definition) is 4. The minimum atomic E-state index is -3.59. The maximum absolute atomic E-state index is 12.6. The third kappa shape index (κ3) is 3.91. The SMILES string of the molecule is CCn1cnc(S(=O)(=O)N2CCC(C(=O)Nc3ccccc3)CC2)c1. The van der Waals surface area contributed by atoms with Gasteiger partial charge in [0.2, 0.25) is 5.91 Å². The minimum absolute atomic E-state index is 0.0569. The Bertz CT molecular complexity index is 825. The minimum Gasteiger partial charge on any atom is -0.336 e. The second-order valence-corrected chi connectivity index (χ2v) is 7.96. The van der Waals surface area contributed by atoms with Gasteiger partial charge < -0.3 is 9.88 Å². The molecule has 1 aromatic carbocycles.